The van der Waals surface area contributed by atoms with Crippen LogP contribution in [0, 0.1) is 5.92 Å². The molecule has 1 aliphatic heterocycles. The van der Waals surface area contributed by atoms with Gasteiger partial charge in [0.25, 0.3) is 0 Å². The van der Waals surface area contributed by atoms with Gasteiger partial charge in [0, 0.05) is 25.2 Å². The molecular weight excluding hydrogens is 236 g/mol. The summed E-state index contributed by atoms with van der Waals surface area (Å²) < 4.78 is 5.85. The third-order valence-electron chi connectivity index (χ3n) is 4.15. The first-order chi connectivity index (χ1) is 9.15. The molecule has 2 atom stereocenters. The van der Waals surface area contributed by atoms with Gasteiger partial charge in [0.2, 0.25) is 0 Å². The molecule has 19 heavy (non-hydrogen) atoms. The molecule has 1 aliphatic rings. The Kier molecular flexibility index (Phi) is 4.97. The Morgan fingerprint density at radius 3 is 2.74 bits per heavy atom. The molecule has 0 bridgehead atoms. The zero-order valence-electron chi connectivity index (χ0n) is 12.1. The molecular formula is C16H26N2O. The van der Waals surface area contributed by atoms with Crippen molar-refractivity contribution in [2.24, 2.45) is 11.7 Å². The molecule has 3 nitrogen and oxygen atoms in total. The first-order valence-corrected chi connectivity index (χ1v) is 7.26. The van der Waals surface area contributed by atoms with E-state index in [1.807, 2.05) is 6.07 Å². The maximum Gasteiger partial charge on any atom is 0.0616 e. The van der Waals surface area contributed by atoms with E-state index in [2.05, 4.69) is 43.4 Å². The van der Waals surface area contributed by atoms with Crippen molar-refractivity contribution >= 4 is 0 Å². The molecule has 0 aromatic heterocycles. The quantitative estimate of drug-likeness (QED) is 0.856. The smallest absolute Gasteiger partial charge is 0.0616 e. The summed E-state index contributed by atoms with van der Waals surface area (Å²) in [6.07, 6.45) is 2.33. The van der Waals surface area contributed by atoms with Gasteiger partial charge in [-0.15, -0.1) is 0 Å². The fraction of sp³-hybridized carbons (Fsp3) is 0.625. The second kappa shape index (κ2) is 6.51. The number of rotatable bonds is 5. The molecule has 2 rings (SSSR count). The Hall–Kier alpha value is -0.900. The van der Waals surface area contributed by atoms with Gasteiger partial charge in [0.1, 0.15) is 0 Å². The van der Waals surface area contributed by atoms with Crippen molar-refractivity contribution in [3.05, 3.63) is 35.9 Å². The summed E-state index contributed by atoms with van der Waals surface area (Å²) in [4.78, 5) is 0. The van der Waals surface area contributed by atoms with Crippen molar-refractivity contribution in [3.63, 3.8) is 0 Å². The highest BCUT2D eigenvalue weighted by Gasteiger charge is 2.36. The Morgan fingerprint density at radius 2 is 2.11 bits per heavy atom. The molecule has 0 saturated carbocycles. The van der Waals surface area contributed by atoms with Crippen LogP contribution in [0.4, 0.5) is 0 Å². The standard InChI is InChI=1S/C16H26N2O/c1-13(2)15-10-16(12-17,8-9-19-15)18-11-14-6-4-3-5-7-14/h3-7,13,15,18H,8-12,17H2,1-2H3. The Morgan fingerprint density at radius 1 is 1.37 bits per heavy atom. The Labute approximate surface area is 116 Å². The summed E-state index contributed by atoms with van der Waals surface area (Å²) in [6, 6.07) is 10.5. The molecule has 1 aromatic rings. The summed E-state index contributed by atoms with van der Waals surface area (Å²) in [6.45, 7) is 6.79. The van der Waals surface area contributed by atoms with Crippen molar-refractivity contribution in [2.45, 2.75) is 44.9 Å². The molecule has 0 amide bonds. The second-order valence-electron chi connectivity index (χ2n) is 5.93. The maximum absolute atomic E-state index is 6.05. The van der Waals surface area contributed by atoms with Crippen LogP contribution in [0.25, 0.3) is 0 Å². The molecule has 3 N–H and O–H groups in total. The summed E-state index contributed by atoms with van der Waals surface area (Å²) >= 11 is 0. The van der Waals surface area contributed by atoms with Gasteiger partial charge in [-0.3, -0.25) is 0 Å². The molecule has 1 saturated heterocycles. The first kappa shape index (κ1) is 14.5. The average molecular weight is 262 g/mol. The van der Waals surface area contributed by atoms with Gasteiger partial charge in [0.05, 0.1) is 6.10 Å². The van der Waals surface area contributed by atoms with Crippen LogP contribution in [0.3, 0.4) is 0 Å². The maximum atomic E-state index is 6.05. The van der Waals surface area contributed by atoms with Crippen LogP contribution in [0.15, 0.2) is 30.3 Å². The molecule has 1 fully saturated rings. The van der Waals surface area contributed by atoms with Crippen molar-refractivity contribution < 1.29 is 4.74 Å². The normalized spacial score (nSPS) is 27.7. The van der Waals surface area contributed by atoms with Crippen LogP contribution >= 0.6 is 0 Å². The van der Waals surface area contributed by atoms with E-state index in [0.717, 1.165) is 26.0 Å². The van der Waals surface area contributed by atoms with Crippen LogP contribution < -0.4 is 11.1 Å². The summed E-state index contributed by atoms with van der Waals surface area (Å²) in [5, 5.41) is 3.68. The molecule has 2 unspecified atom stereocenters. The van der Waals surface area contributed by atoms with E-state index in [1.165, 1.54) is 5.56 Å². The molecule has 0 radical (unpaired) electrons. The van der Waals surface area contributed by atoms with Crippen LogP contribution in [0.1, 0.15) is 32.3 Å². The second-order valence-corrected chi connectivity index (χ2v) is 5.93. The van der Waals surface area contributed by atoms with Crippen LogP contribution in [-0.2, 0) is 11.3 Å². The predicted octanol–water partition coefficient (Wildman–Crippen LogP) is 2.31. The predicted molar refractivity (Wildman–Crippen MR) is 78.9 cm³/mol. The van der Waals surface area contributed by atoms with E-state index in [9.17, 15) is 0 Å². The lowest BCUT2D eigenvalue weighted by atomic mass is 9.83. The first-order valence-electron chi connectivity index (χ1n) is 7.26. The molecule has 1 heterocycles. The third kappa shape index (κ3) is 3.78. The van der Waals surface area contributed by atoms with E-state index in [0.29, 0.717) is 18.6 Å². The highest BCUT2D eigenvalue weighted by molar-refractivity contribution is 5.15. The van der Waals surface area contributed by atoms with Gasteiger partial charge in [-0.1, -0.05) is 44.2 Å². The highest BCUT2D eigenvalue weighted by Crippen LogP contribution is 2.28. The largest absolute Gasteiger partial charge is 0.378 e. The Balaban J connectivity index is 1.98. The van der Waals surface area contributed by atoms with Crippen molar-refractivity contribution in [1.29, 1.82) is 0 Å². The van der Waals surface area contributed by atoms with Gasteiger partial charge < -0.3 is 15.8 Å². The zero-order chi connectivity index (χ0) is 13.7. The van der Waals surface area contributed by atoms with E-state index in [1.54, 1.807) is 0 Å². The molecule has 0 aliphatic carbocycles. The fourth-order valence-electron chi connectivity index (χ4n) is 2.68. The average Bonchev–Trinajstić information content (AvgIpc) is 2.46. The number of nitrogens with two attached hydrogens (primary N) is 1. The topological polar surface area (TPSA) is 47.3 Å². The van der Waals surface area contributed by atoms with Gasteiger partial charge in [-0.25, -0.2) is 0 Å². The van der Waals surface area contributed by atoms with Crippen LogP contribution in [-0.4, -0.2) is 24.8 Å². The van der Waals surface area contributed by atoms with Crippen molar-refractivity contribution in [2.75, 3.05) is 13.2 Å². The molecule has 1 aromatic carbocycles. The number of hydrogen-bond acceptors (Lipinski definition) is 3. The summed E-state index contributed by atoms with van der Waals surface area (Å²) in [7, 11) is 0. The molecule has 3 heteroatoms. The minimum absolute atomic E-state index is 0.0308. The monoisotopic (exact) mass is 262 g/mol. The lowest BCUT2D eigenvalue weighted by Crippen LogP contribution is -2.57. The van der Waals surface area contributed by atoms with E-state index >= 15 is 0 Å². The minimum Gasteiger partial charge on any atom is -0.378 e. The highest BCUT2D eigenvalue weighted by atomic mass is 16.5. The summed E-state index contributed by atoms with van der Waals surface area (Å²) in [5.41, 5.74) is 7.39. The van der Waals surface area contributed by atoms with E-state index < -0.39 is 0 Å². The van der Waals surface area contributed by atoms with Crippen molar-refractivity contribution in [1.82, 2.24) is 5.32 Å². The van der Waals surface area contributed by atoms with Crippen molar-refractivity contribution in [3.8, 4) is 0 Å². The van der Waals surface area contributed by atoms with Gasteiger partial charge in [-0.05, 0) is 24.3 Å². The fourth-order valence-corrected chi connectivity index (χ4v) is 2.68. The Bertz CT molecular complexity index is 380. The minimum atomic E-state index is 0.0308. The number of benzene rings is 1. The van der Waals surface area contributed by atoms with Gasteiger partial charge >= 0.3 is 0 Å². The van der Waals surface area contributed by atoms with Crippen LogP contribution in [0.2, 0.25) is 0 Å². The lowest BCUT2D eigenvalue weighted by Gasteiger charge is -2.42. The van der Waals surface area contributed by atoms with E-state index in [-0.39, 0.29) is 5.54 Å². The number of hydrogen-bond donors (Lipinski definition) is 2. The molecule has 106 valence electrons. The number of nitrogens with one attached hydrogen (secondary N) is 1. The van der Waals surface area contributed by atoms with Crippen LogP contribution in [0.5, 0.6) is 0 Å². The van der Waals surface area contributed by atoms with Gasteiger partial charge in [-0.2, -0.15) is 0 Å². The SMILES string of the molecule is CC(C)C1CC(CN)(NCc2ccccc2)CCO1. The lowest BCUT2D eigenvalue weighted by molar-refractivity contribution is -0.0498. The third-order valence-corrected chi connectivity index (χ3v) is 4.15. The summed E-state index contributed by atoms with van der Waals surface area (Å²) in [5.74, 6) is 0.546. The van der Waals surface area contributed by atoms with E-state index in [4.69, 9.17) is 10.5 Å². The number of ether oxygens (including phenoxy) is 1. The molecule has 0 spiro atoms. The van der Waals surface area contributed by atoms with Gasteiger partial charge in [0.15, 0.2) is 0 Å². The zero-order valence-corrected chi connectivity index (χ0v) is 12.1.